The van der Waals surface area contributed by atoms with Crippen molar-refractivity contribution in [2.45, 2.75) is 39.7 Å². The number of hydrogen-bond donors (Lipinski definition) is 2. The van der Waals surface area contributed by atoms with E-state index in [-0.39, 0.29) is 5.91 Å². The number of carbonyl (C=O) groups excluding carboxylic acids is 1. The van der Waals surface area contributed by atoms with Gasteiger partial charge >= 0.3 is 0 Å². The third-order valence-corrected chi connectivity index (χ3v) is 2.75. The van der Waals surface area contributed by atoms with Crippen LogP contribution in [0.2, 0.25) is 0 Å². The predicted molar refractivity (Wildman–Crippen MR) is 69.2 cm³/mol. The first-order valence-corrected chi connectivity index (χ1v) is 6.08. The Balaban J connectivity index is 2.58. The highest BCUT2D eigenvalue weighted by atomic mass is 16.3. The first kappa shape index (κ1) is 13.7. The zero-order chi connectivity index (χ0) is 12.8. The standard InChI is InChI=1S/C14H21NO2/c1-4-5-12(16)9-15-14(17)13-7-6-10(2)8-11(13)3/h6-8,12,16H,4-5,9H2,1-3H3,(H,15,17). The van der Waals surface area contributed by atoms with Gasteiger partial charge in [0.1, 0.15) is 0 Å². The summed E-state index contributed by atoms with van der Waals surface area (Å²) in [5.74, 6) is -0.113. The van der Waals surface area contributed by atoms with Gasteiger partial charge in [-0.15, -0.1) is 0 Å². The van der Waals surface area contributed by atoms with Crippen LogP contribution < -0.4 is 5.32 Å². The summed E-state index contributed by atoms with van der Waals surface area (Å²) in [7, 11) is 0. The van der Waals surface area contributed by atoms with Gasteiger partial charge in [-0.05, 0) is 31.9 Å². The molecule has 0 aromatic heterocycles. The van der Waals surface area contributed by atoms with Crippen LogP contribution in [0.1, 0.15) is 41.3 Å². The molecule has 94 valence electrons. The lowest BCUT2D eigenvalue weighted by molar-refractivity contribution is 0.0909. The Morgan fingerprint density at radius 3 is 2.71 bits per heavy atom. The average Bonchev–Trinajstić information content (AvgIpc) is 2.26. The van der Waals surface area contributed by atoms with E-state index < -0.39 is 6.10 Å². The van der Waals surface area contributed by atoms with Crippen LogP contribution >= 0.6 is 0 Å². The SMILES string of the molecule is CCCC(O)CNC(=O)c1ccc(C)cc1C. The van der Waals surface area contributed by atoms with Crippen LogP contribution in [0, 0.1) is 13.8 Å². The quantitative estimate of drug-likeness (QED) is 0.822. The smallest absolute Gasteiger partial charge is 0.251 e. The first-order valence-electron chi connectivity index (χ1n) is 6.08. The van der Waals surface area contributed by atoms with Crippen molar-refractivity contribution in [2.24, 2.45) is 0 Å². The molecule has 17 heavy (non-hydrogen) atoms. The predicted octanol–water partition coefficient (Wildman–Crippen LogP) is 2.19. The highest BCUT2D eigenvalue weighted by Crippen LogP contribution is 2.10. The lowest BCUT2D eigenvalue weighted by Crippen LogP contribution is -2.32. The molecule has 0 bridgehead atoms. The van der Waals surface area contributed by atoms with Crippen LogP contribution in [0.4, 0.5) is 0 Å². The van der Waals surface area contributed by atoms with Crippen molar-refractivity contribution >= 4 is 5.91 Å². The molecule has 1 aromatic carbocycles. The minimum Gasteiger partial charge on any atom is -0.391 e. The second-order valence-corrected chi connectivity index (χ2v) is 4.47. The largest absolute Gasteiger partial charge is 0.391 e. The Bertz CT molecular complexity index is 388. The van der Waals surface area contributed by atoms with Crippen molar-refractivity contribution in [3.63, 3.8) is 0 Å². The second kappa shape index (κ2) is 6.40. The third kappa shape index (κ3) is 4.19. The zero-order valence-corrected chi connectivity index (χ0v) is 10.8. The molecule has 1 unspecified atom stereocenters. The van der Waals surface area contributed by atoms with Crippen LogP contribution in [-0.2, 0) is 0 Å². The van der Waals surface area contributed by atoms with E-state index in [1.807, 2.05) is 39.0 Å². The zero-order valence-electron chi connectivity index (χ0n) is 10.8. The Kier molecular flexibility index (Phi) is 5.16. The van der Waals surface area contributed by atoms with Gasteiger partial charge in [0.25, 0.3) is 5.91 Å². The second-order valence-electron chi connectivity index (χ2n) is 4.47. The summed E-state index contributed by atoms with van der Waals surface area (Å²) < 4.78 is 0. The minimum absolute atomic E-state index is 0.113. The maximum atomic E-state index is 11.9. The maximum absolute atomic E-state index is 11.9. The van der Waals surface area contributed by atoms with E-state index in [0.29, 0.717) is 18.5 Å². The third-order valence-electron chi connectivity index (χ3n) is 2.75. The van der Waals surface area contributed by atoms with Crippen LogP contribution in [0.25, 0.3) is 0 Å². The van der Waals surface area contributed by atoms with E-state index in [2.05, 4.69) is 5.32 Å². The van der Waals surface area contributed by atoms with Crippen molar-refractivity contribution in [3.05, 3.63) is 34.9 Å². The fraction of sp³-hybridized carbons (Fsp3) is 0.500. The van der Waals surface area contributed by atoms with Crippen LogP contribution in [0.3, 0.4) is 0 Å². The molecule has 1 rings (SSSR count). The molecule has 1 amide bonds. The number of rotatable bonds is 5. The number of aliphatic hydroxyl groups is 1. The highest BCUT2D eigenvalue weighted by molar-refractivity contribution is 5.95. The summed E-state index contributed by atoms with van der Waals surface area (Å²) >= 11 is 0. The molecule has 3 nitrogen and oxygen atoms in total. The molecule has 0 saturated heterocycles. The average molecular weight is 235 g/mol. The highest BCUT2D eigenvalue weighted by Gasteiger charge is 2.10. The van der Waals surface area contributed by atoms with Crippen molar-refractivity contribution in [3.8, 4) is 0 Å². The van der Waals surface area contributed by atoms with Crippen LogP contribution in [-0.4, -0.2) is 23.7 Å². The molecule has 0 saturated carbocycles. The molecule has 0 radical (unpaired) electrons. The molecule has 0 aliphatic rings. The van der Waals surface area contributed by atoms with Gasteiger partial charge in [0.05, 0.1) is 6.10 Å². The summed E-state index contributed by atoms with van der Waals surface area (Å²) in [6, 6.07) is 5.73. The number of benzene rings is 1. The summed E-state index contributed by atoms with van der Waals surface area (Å²) in [6.07, 6.45) is 1.18. The molecule has 0 spiro atoms. The van der Waals surface area contributed by atoms with Gasteiger partial charge < -0.3 is 10.4 Å². The van der Waals surface area contributed by atoms with E-state index in [9.17, 15) is 9.90 Å². The molecule has 2 N–H and O–H groups in total. The van der Waals surface area contributed by atoms with E-state index in [0.717, 1.165) is 17.5 Å². The van der Waals surface area contributed by atoms with Gasteiger partial charge in [0.15, 0.2) is 0 Å². The Morgan fingerprint density at radius 1 is 1.41 bits per heavy atom. The van der Waals surface area contributed by atoms with E-state index in [4.69, 9.17) is 0 Å². The van der Waals surface area contributed by atoms with Gasteiger partial charge in [0, 0.05) is 12.1 Å². The van der Waals surface area contributed by atoms with E-state index in [1.165, 1.54) is 0 Å². The first-order chi connectivity index (χ1) is 8.04. The number of hydrogen-bond acceptors (Lipinski definition) is 2. The maximum Gasteiger partial charge on any atom is 0.251 e. The fourth-order valence-corrected chi connectivity index (χ4v) is 1.81. The molecule has 0 aliphatic heterocycles. The Labute approximate surface area is 103 Å². The molecule has 1 aromatic rings. The lowest BCUT2D eigenvalue weighted by Gasteiger charge is -2.12. The Morgan fingerprint density at radius 2 is 2.12 bits per heavy atom. The minimum atomic E-state index is -0.449. The number of nitrogens with one attached hydrogen (secondary N) is 1. The lowest BCUT2D eigenvalue weighted by atomic mass is 10.1. The van der Waals surface area contributed by atoms with Gasteiger partial charge in [0.2, 0.25) is 0 Å². The summed E-state index contributed by atoms with van der Waals surface area (Å²) in [5.41, 5.74) is 2.79. The molecular formula is C14H21NO2. The summed E-state index contributed by atoms with van der Waals surface area (Å²) in [4.78, 5) is 11.9. The number of amides is 1. The molecule has 1 atom stereocenters. The summed E-state index contributed by atoms with van der Waals surface area (Å²) in [5, 5.41) is 12.3. The Hall–Kier alpha value is -1.35. The van der Waals surface area contributed by atoms with Crippen molar-refractivity contribution in [1.82, 2.24) is 5.32 Å². The fourth-order valence-electron chi connectivity index (χ4n) is 1.81. The van der Waals surface area contributed by atoms with Crippen molar-refractivity contribution in [2.75, 3.05) is 6.54 Å². The van der Waals surface area contributed by atoms with Crippen molar-refractivity contribution in [1.29, 1.82) is 0 Å². The van der Waals surface area contributed by atoms with Crippen molar-refractivity contribution < 1.29 is 9.90 Å². The monoisotopic (exact) mass is 235 g/mol. The number of carbonyl (C=O) groups is 1. The van der Waals surface area contributed by atoms with Crippen LogP contribution in [0.15, 0.2) is 18.2 Å². The topological polar surface area (TPSA) is 49.3 Å². The van der Waals surface area contributed by atoms with Gasteiger partial charge in [-0.1, -0.05) is 31.0 Å². The normalized spacial score (nSPS) is 12.2. The number of aliphatic hydroxyl groups excluding tert-OH is 1. The molecule has 0 aliphatic carbocycles. The molecular weight excluding hydrogens is 214 g/mol. The van der Waals surface area contributed by atoms with Gasteiger partial charge in [-0.3, -0.25) is 4.79 Å². The molecule has 0 heterocycles. The molecule has 0 fully saturated rings. The van der Waals surface area contributed by atoms with E-state index in [1.54, 1.807) is 0 Å². The van der Waals surface area contributed by atoms with E-state index >= 15 is 0 Å². The number of aryl methyl sites for hydroxylation is 2. The van der Waals surface area contributed by atoms with Gasteiger partial charge in [-0.25, -0.2) is 0 Å². The van der Waals surface area contributed by atoms with Crippen LogP contribution in [0.5, 0.6) is 0 Å². The summed E-state index contributed by atoms with van der Waals surface area (Å²) in [6.45, 7) is 6.25. The van der Waals surface area contributed by atoms with Gasteiger partial charge in [-0.2, -0.15) is 0 Å². The molecule has 3 heteroatoms.